The number of nitrogens with one attached hydrogen (secondary N) is 4. The van der Waals surface area contributed by atoms with Crippen LogP contribution in [0.2, 0.25) is 0 Å². The van der Waals surface area contributed by atoms with Crippen molar-refractivity contribution < 1.29 is 14.0 Å². The lowest BCUT2D eigenvalue weighted by molar-refractivity contribution is -0.134. The molecule has 164 valence electrons. The zero-order chi connectivity index (χ0) is 21.6. The topological polar surface area (TPSA) is 85.5 Å². The number of hydrogen-bond donors (Lipinski definition) is 4. The molecule has 2 aromatic carbocycles. The maximum absolute atomic E-state index is 13.5. The first kappa shape index (κ1) is 21.4. The zero-order valence-electron chi connectivity index (χ0n) is 17.3. The highest BCUT2D eigenvalue weighted by atomic mass is 19.1. The van der Waals surface area contributed by atoms with Crippen LogP contribution in [0.5, 0.6) is 0 Å². The minimum Gasteiger partial charge on any atom is -0.356 e. The van der Waals surface area contributed by atoms with Crippen molar-refractivity contribution in [2.45, 2.75) is 25.0 Å². The van der Waals surface area contributed by atoms with Crippen molar-refractivity contribution in [3.63, 3.8) is 0 Å². The van der Waals surface area contributed by atoms with Gasteiger partial charge in [-0.25, -0.2) is 9.82 Å². The third-order valence-corrected chi connectivity index (χ3v) is 5.91. The summed E-state index contributed by atoms with van der Waals surface area (Å²) in [6.07, 6.45) is 0.0741. The van der Waals surface area contributed by atoms with Crippen LogP contribution in [-0.4, -0.2) is 48.9 Å². The van der Waals surface area contributed by atoms with Crippen LogP contribution in [0.4, 0.5) is 4.39 Å². The Balaban J connectivity index is 1.34. The average molecular weight is 426 g/mol. The van der Waals surface area contributed by atoms with Crippen LogP contribution in [0.3, 0.4) is 0 Å². The number of carbonyl (C=O) groups excluding carboxylic acids is 2. The lowest BCUT2D eigenvalue weighted by Crippen LogP contribution is -2.56. The Morgan fingerprint density at radius 2 is 2.00 bits per heavy atom. The highest BCUT2D eigenvalue weighted by molar-refractivity contribution is 5.88. The van der Waals surface area contributed by atoms with Gasteiger partial charge in [-0.3, -0.25) is 19.9 Å². The summed E-state index contributed by atoms with van der Waals surface area (Å²) in [6, 6.07) is 16.0. The molecule has 4 rings (SSSR count). The molecule has 8 heteroatoms. The van der Waals surface area contributed by atoms with Gasteiger partial charge in [-0.2, -0.15) is 0 Å². The molecule has 0 spiro atoms. The number of benzene rings is 2. The highest BCUT2D eigenvalue weighted by Gasteiger charge is 2.33. The van der Waals surface area contributed by atoms with Gasteiger partial charge in [0, 0.05) is 38.6 Å². The van der Waals surface area contributed by atoms with Gasteiger partial charge in [-0.1, -0.05) is 42.5 Å². The van der Waals surface area contributed by atoms with Crippen molar-refractivity contribution in [3.05, 3.63) is 71.5 Å². The van der Waals surface area contributed by atoms with Crippen molar-refractivity contribution in [2.75, 3.05) is 26.2 Å². The SMILES string of the molecule is O=C(CC1C(=O)NCCN1Cc1cccc(F)c1)NCC1CNNC1c1ccccc1. The number of halogens is 1. The molecule has 2 fully saturated rings. The van der Waals surface area contributed by atoms with E-state index in [2.05, 4.69) is 33.6 Å². The molecule has 2 aliphatic rings. The second kappa shape index (κ2) is 10.00. The molecule has 0 bridgehead atoms. The van der Waals surface area contributed by atoms with Crippen LogP contribution in [0.15, 0.2) is 54.6 Å². The summed E-state index contributed by atoms with van der Waals surface area (Å²) < 4.78 is 13.5. The first-order valence-electron chi connectivity index (χ1n) is 10.7. The lowest BCUT2D eigenvalue weighted by Gasteiger charge is -2.34. The van der Waals surface area contributed by atoms with E-state index in [4.69, 9.17) is 0 Å². The fourth-order valence-electron chi connectivity index (χ4n) is 4.28. The Labute approximate surface area is 181 Å². The van der Waals surface area contributed by atoms with Crippen LogP contribution >= 0.6 is 0 Å². The molecule has 3 unspecified atom stereocenters. The maximum atomic E-state index is 13.5. The summed E-state index contributed by atoms with van der Waals surface area (Å²) in [7, 11) is 0. The summed E-state index contributed by atoms with van der Waals surface area (Å²) in [5.41, 5.74) is 8.39. The van der Waals surface area contributed by atoms with Gasteiger partial charge in [0.2, 0.25) is 11.8 Å². The quantitative estimate of drug-likeness (QED) is 0.534. The summed E-state index contributed by atoms with van der Waals surface area (Å²) in [4.78, 5) is 27.1. The minimum absolute atomic E-state index is 0.0741. The van der Waals surface area contributed by atoms with Gasteiger partial charge in [0.1, 0.15) is 5.82 Å². The number of hydrazine groups is 1. The number of amides is 2. The largest absolute Gasteiger partial charge is 0.356 e. The Morgan fingerprint density at radius 3 is 2.81 bits per heavy atom. The van der Waals surface area contributed by atoms with E-state index in [9.17, 15) is 14.0 Å². The second-order valence-electron chi connectivity index (χ2n) is 8.09. The summed E-state index contributed by atoms with van der Waals surface area (Å²) in [5.74, 6) is -0.427. The van der Waals surface area contributed by atoms with E-state index in [0.717, 1.165) is 12.1 Å². The fourth-order valence-corrected chi connectivity index (χ4v) is 4.28. The molecule has 0 saturated carbocycles. The lowest BCUT2D eigenvalue weighted by atomic mass is 9.95. The minimum atomic E-state index is -0.568. The van der Waals surface area contributed by atoms with Crippen LogP contribution in [0, 0.1) is 11.7 Å². The Morgan fingerprint density at radius 1 is 1.16 bits per heavy atom. The van der Waals surface area contributed by atoms with Gasteiger partial charge in [-0.05, 0) is 23.3 Å². The fraction of sp³-hybridized carbons (Fsp3) is 0.391. The monoisotopic (exact) mass is 425 g/mol. The molecule has 2 aliphatic heterocycles. The Kier molecular flexibility index (Phi) is 6.91. The summed E-state index contributed by atoms with van der Waals surface area (Å²) in [5, 5.41) is 5.84. The molecule has 2 saturated heterocycles. The first-order valence-corrected chi connectivity index (χ1v) is 10.7. The number of nitrogens with zero attached hydrogens (tertiary/aromatic N) is 1. The molecule has 0 radical (unpaired) electrons. The van der Waals surface area contributed by atoms with Gasteiger partial charge < -0.3 is 10.6 Å². The molecule has 31 heavy (non-hydrogen) atoms. The van der Waals surface area contributed by atoms with Crippen molar-refractivity contribution in [3.8, 4) is 0 Å². The summed E-state index contributed by atoms with van der Waals surface area (Å²) >= 11 is 0. The van der Waals surface area contributed by atoms with E-state index in [1.54, 1.807) is 6.07 Å². The molecule has 3 atom stereocenters. The number of rotatable bonds is 7. The van der Waals surface area contributed by atoms with E-state index < -0.39 is 6.04 Å². The number of piperazine rings is 1. The molecule has 7 nitrogen and oxygen atoms in total. The maximum Gasteiger partial charge on any atom is 0.237 e. The van der Waals surface area contributed by atoms with Crippen LogP contribution in [0.1, 0.15) is 23.6 Å². The van der Waals surface area contributed by atoms with Gasteiger partial charge in [0.25, 0.3) is 0 Å². The first-order chi connectivity index (χ1) is 15.1. The van der Waals surface area contributed by atoms with Crippen molar-refractivity contribution in [1.82, 2.24) is 26.4 Å². The van der Waals surface area contributed by atoms with E-state index in [-0.39, 0.29) is 36.0 Å². The molecular weight excluding hydrogens is 397 g/mol. The van der Waals surface area contributed by atoms with E-state index in [1.165, 1.54) is 17.7 Å². The smallest absolute Gasteiger partial charge is 0.237 e. The molecule has 2 amide bonds. The van der Waals surface area contributed by atoms with Crippen LogP contribution in [0.25, 0.3) is 0 Å². The molecule has 2 aromatic rings. The predicted octanol–water partition coefficient (Wildman–Crippen LogP) is 1.10. The van der Waals surface area contributed by atoms with Crippen molar-refractivity contribution >= 4 is 11.8 Å². The third kappa shape index (κ3) is 5.46. The van der Waals surface area contributed by atoms with Gasteiger partial charge >= 0.3 is 0 Å². The highest BCUT2D eigenvalue weighted by Crippen LogP contribution is 2.24. The van der Waals surface area contributed by atoms with E-state index in [1.807, 2.05) is 29.2 Å². The van der Waals surface area contributed by atoms with Gasteiger partial charge in [0.05, 0.1) is 18.5 Å². The normalized spacial score (nSPS) is 24.0. The number of hydrogen-bond acceptors (Lipinski definition) is 5. The second-order valence-corrected chi connectivity index (χ2v) is 8.09. The van der Waals surface area contributed by atoms with E-state index >= 15 is 0 Å². The molecular formula is C23H28FN5O2. The summed E-state index contributed by atoms with van der Waals surface area (Å²) in [6.45, 7) is 2.82. The molecule has 0 aliphatic carbocycles. The van der Waals surface area contributed by atoms with Crippen LogP contribution < -0.4 is 21.5 Å². The van der Waals surface area contributed by atoms with Crippen molar-refractivity contribution in [2.24, 2.45) is 5.92 Å². The van der Waals surface area contributed by atoms with E-state index in [0.29, 0.717) is 26.2 Å². The zero-order valence-corrected chi connectivity index (χ0v) is 17.3. The van der Waals surface area contributed by atoms with Gasteiger partial charge in [-0.15, -0.1) is 0 Å². The third-order valence-electron chi connectivity index (χ3n) is 5.91. The number of carbonyl (C=O) groups is 2. The predicted molar refractivity (Wildman–Crippen MR) is 115 cm³/mol. The Hall–Kier alpha value is -2.81. The standard InChI is InChI=1S/C23H28FN5O2/c24-19-8-4-5-16(11-19)15-29-10-9-25-23(31)20(29)12-21(30)26-13-18-14-27-28-22(18)17-6-2-1-3-7-17/h1-8,11,18,20,22,27-28H,9-10,12-15H2,(H,25,31)(H,26,30). The molecule has 4 N–H and O–H groups in total. The van der Waals surface area contributed by atoms with Gasteiger partial charge in [0.15, 0.2) is 0 Å². The van der Waals surface area contributed by atoms with Crippen molar-refractivity contribution in [1.29, 1.82) is 0 Å². The molecule has 0 aromatic heterocycles. The average Bonchev–Trinajstić information content (AvgIpc) is 3.24. The van der Waals surface area contributed by atoms with Crippen LogP contribution in [-0.2, 0) is 16.1 Å². The Bertz CT molecular complexity index is 910. The molecule has 2 heterocycles.